The molecule has 2 aliphatic heterocycles. The summed E-state index contributed by atoms with van der Waals surface area (Å²) < 4.78 is 0. The first-order valence-electron chi connectivity index (χ1n) is 5.84. The van der Waals surface area contributed by atoms with Crippen molar-refractivity contribution in [1.29, 1.82) is 0 Å². The Bertz CT molecular complexity index is 449. The molecule has 2 nitrogen and oxygen atoms in total. The van der Waals surface area contributed by atoms with Crippen molar-refractivity contribution in [3.63, 3.8) is 0 Å². The number of rotatable bonds is 2. The summed E-state index contributed by atoms with van der Waals surface area (Å²) in [6, 6.07) is 8.44. The molecular weight excluding hydrogens is 250 g/mol. The Morgan fingerprint density at radius 3 is 3.06 bits per heavy atom. The second kappa shape index (κ2) is 4.58. The van der Waals surface area contributed by atoms with Crippen LogP contribution >= 0.6 is 23.5 Å². The topological polar surface area (TPSA) is 20.3 Å². The first kappa shape index (κ1) is 11.5. The van der Waals surface area contributed by atoms with Gasteiger partial charge in [0.1, 0.15) is 0 Å². The zero-order chi connectivity index (χ0) is 11.8. The average molecular weight is 265 g/mol. The lowest BCUT2D eigenvalue weighted by molar-refractivity contribution is 0.0747. The molecule has 0 saturated carbocycles. The summed E-state index contributed by atoms with van der Waals surface area (Å²) >= 11 is 3.70. The van der Waals surface area contributed by atoms with Gasteiger partial charge in [-0.15, -0.1) is 11.8 Å². The van der Waals surface area contributed by atoms with Gasteiger partial charge < -0.3 is 4.90 Å². The van der Waals surface area contributed by atoms with Gasteiger partial charge in [-0.2, -0.15) is 11.8 Å². The lowest BCUT2D eigenvalue weighted by atomic mass is 10.2. The van der Waals surface area contributed by atoms with Crippen molar-refractivity contribution in [3.05, 3.63) is 29.8 Å². The van der Waals surface area contributed by atoms with Gasteiger partial charge in [0.25, 0.3) is 5.91 Å². The third-order valence-electron chi connectivity index (χ3n) is 3.48. The van der Waals surface area contributed by atoms with Crippen molar-refractivity contribution in [3.8, 4) is 0 Å². The number of nitrogens with zero attached hydrogens (tertiary/aromatic N) is 1. The standard InChI is InChI=1S/C13H15NOS2/c1-16-11-4-2-3-9(5-11)13(15)14-7-12-6-10(14)8-17-12/h2-5,10,12H,6-8H2,1H3. The van der Waals surface area contributed by atoms with Crippen LogP contribution in [0.15, 0.2) is 29.2 Å². The number of hydrogen-bond acceptors (Lipinski definition) is 3. The highest BCUT2D eigenvalue weighted by molar-refractivity contribution is 8.00. The van der Waals surface area contributed by atoms with Gasteiger partial charge in [-0.25, -0.2) is 0 Å². The van der Waals surface area contributed by atoms with Crippen molar-refractivity contribution in [2.24, 2.45) is 0 Å². The second-order valence-corrected chi connectivity index (χ2v) is 6.75. The molecule has 1 aromatic carbocycles. The Kier molecular flexibility index (Phi) is 3.09. The summed E-state index contributed by atoms with van der Waals surface area (Å²) in [6.07, 6.45) is 3.23. The summed E-state index contributed by atoms with van der Waals surface area (Å²) in [5.41, 5.74) is 0.842. The van der Waals surface area contributed by atoms with Crippen molar-refractivity contribution < 1.29 is 4.79 Å². The molecule has 0 spiro atoms. The van der Waals surface area contributed by atoms with Gasteiger partial charge >= 0.3 is 0 Å². The Hall–Kier alpha value is -0.610. The number of fused-ring (bicyclic) bond motifs is 2. The molecular formula is C13H15NOS2. The van der Waals surface area contributed by atoms with Crippen molar-refractivity contribution in [2.45, 2.75) is 22.6 Å². The van der Waals surface area contributed by atoms with Crippen LogP contribution in [0.25, 0.3) is 0 Å². The summed E-state index contributed by atoms with van der Waals surface area (Å²) in [4.78, 5) is 15.6. The van der Waals surface area contributed by atoms with Gasteiger partial charge in [0.15, 0.2) is 0 Å². The number of benzene rings is 1. The number of thioether (sulfide) groups is 2. The largest absolute Gasteiger partial charge is 0.334 e. The summed E-state index contributed by atoms with van der Waals surface area (Å²) in [7, 11) is 0. The Morgan fingerprint density at radius 2 is 2.41 bits per heavy atom. The maximum absolute atomic E-state index is 12.4. The smallest absolute Gasteiger partial charge is 0.254 e. The summed E-state index contributed by atoms with van der Waals surface area (Å²) in [6.45, 7) is 0.942. The van der Waals surface area contributed by atoms with Crippen LogP contribution in [-0.2, 0) is 0 Å². The quantitative estimate of drug-likeness (QED) is 0.767. The van der Waals surface area contributed by atoms with Crippen LogP contribution in [0.1, 0.15) is 16.8 Å². The number of carbonyl (C=O) groups excluding carboxylic acids is 1. The fraction of sp³-hybridized carbons (Fsp3) is 0.462. The molecule has 1 aromatic rings. The highest BCUT2D eigenvalue weighted by atomic mass is 32.2. The van der Waals surface area contributed by atoms with E-state index in [2.05, 4.69) is 4.90 Å². The van der Waals surface area contributed by atoms with Gasteiger partial charge in [-0.3, -0.25) is 4.79 Å². The molecule has 0 radical (unpaired) electrons. The fourth-order valence-corrected chi connectivity index (χ4v) is 4.46. The Balaban J connectivity index is 1.81. The van der Waals surface area contributed by atoms with Crippen LogP contribution < -0.4 is 0 Å². The third kappa shape index (κ3) is 2.08. The second-order valence-electron chi connectivity index (χ2n) is 4.53. The van der Waals surface area contributed by atoms with E-state index < -0.39 is 0 Å². The molecule has 2 heterocycles. The van der Waals surface area contributed by atoms with Crippen LogP contribution in [-0.4, -0.2) is 40.7 Å². The van der Waals surface area contributed by atoms with E-state index in [-0.39, 0.29) is 5.91 Å². The molecule has 2 atom stereocenters. The van der Waals surface area contributed by atoms with E-state index in [0.717, 1.165) is 22.8 Å². The monoisotopic (exact) mass is 265 g/mol. The van der Waals surface area contributed by atoms with Gasteiger partial charge in [-0.1, -0.05) is 6.07 Å². The molecule has 90 valence electrons. The van der Waals surface area contributed by atoms with Crippen molar-refractivity contribution >= 4 is 29.4 Å². The van der Waals surface area contributed by atoms with E-state index in [1.54, 1.807) is 11.8 Å². The maximum atomic E-state index is 12.4. The van der Waals surface area contributed by atoms with Gasteiger partial charge in [0.2, 0.25) is 0 Å². The average Bonchev–Trinajstić information content (AvgIpc) is 3.00. The van der Waals surface area contributed by atoms with E-state index in [1.807, 2.05) is 42.3 Å². The molecule has 2 saturated heterocycles. The van der Waals surface area contributed by atoms with E-state index in [1.165, 1.54) is 6.42 Å². The minimum atomic E-state index is 0.216. The predicted molar refractivity (Wildman–Crippen MR) is 73.9 cm³/mol. The van der Waals surface area contributed by atoms with Crippen LogP contribution in [0.2, 0.25) is 0 Å². The van der Waals surface area contributed by atoms with E-state index in [9.17, 15) is 4.79 Å². The van der Waals surface area contributed by atoms with Crippen LogP contribution in [0.5, 0.6) is 0 Å². The van der Waals surface area contributed by atoms with Gasteiger partial charge in [-0.05, 0) is 30.9 Å². The third-order valence-corrected chi connectivity index (χ3v) is 5.59. The zero-order valence-electron chi connectivity index (χ0n) is 9.76. The highest BCUT2D eigenvalue weighted by Gasteiger charge is 2.41. The van der Waals surface area contributed by atoms with Crippen molar-refractivity contribution in [2.75, 3.05) is 18.6 Å². The van der Waals surface area contributed by atoms with Crippen LogP contribution in [0.3, 0.4) is 0 Å². The zero-order valence-corrected chi connectivity index (χ0v) is 11.4. The molecule has 0 N–H and O–H groups in total. The fourth-order valence-electron chi connectivity index (χ4n) is 2.57. The molecule has 1 amide bonds. The van der Waals surface area contributed by atoms with E-state index >= 15 is 0 Å². The predicted octanol–water partition coefficient (Wildman–Crippen LogP) is 2.74. The molecule has 2 bridgehead atoms. The van der Waals surface area contributed by atoms with Crippen LogP contribution in [0.4, 0.5) is 0 Å². The highest BCUT2D eigenvalue weighted by Crippen LogP contribution is 2.38. The molecule has 0 aromatic heterocycles. The number of carbonyl (C=O) groups is 1. The molecule has 2 aliphatic rings. The molecule has 0 aliphatic carbocycles. The SMILES string of the molecule is CSc1cccc(C(=O)N2CC3CC2CS3)c1. The van der Waals surface area contributed by atoms with Gasteiger partial charge in [0, 0.05) is 34.0 Å². The lowest BCUT2D eigenvalue weighted by Gasteiger charge is -2.26. The first-order chi connectivity index (χ1) is 8.28. The lowest BCUT2D eigenvalue weighted by Crippen LogP contribution is -2.39. The first-order valence-corrected chi connectivity index (χ1v) is 8.12. The summed E-state index contributed by atoms with van der Waals surface area (Å²) in [5, 5.41) is 0.688. The van der Waals surface area contributed by atoms with Gasteiger partial charge in [0.05, 0.1) is 0 Å². The minimum absolute atomic E-state index is 0.216. The normalized spacial score (nSPS) is 26.5. The molecule has 3 rings (SSSR count). The summed E-state index contributed by atoms with van der Waals surface area (Å²) in [5.74, 6) is 1.34. The van der Waals surface area contributed by atoms with Crippen LogP contribution in [0, 0.1) is 0 Å². The number of hydrogen-bond donors (Lipinski definition) is 0. The number of amides is 1. The van der Waals surface area contributed by atoms with Crippen molar-refractivity contribution in [1.82, 2.24) is 4.90 Å². The Labute approximate surface area is 110 Å². The van der Waals surface area contributed by atoms with E-state index in [4.69, 9.17) is 0 Å². The molecule has 2 unspecified atom stereocenters. The minimum Gasteiger partial charge on any atom is -0.334 e. The Morgan fingerprint density at radius 1 is 1.53 bits per heavy atom. The van der Waals surface area contributed by atoms with E-state index in [0.29, 0.717) is 11.3 Å². The number of likely N-dealkylation sites (tertiary alicyclic amines) is 1. The maximum Gasteiger partial charge on any atom is 0.254 e. The molecule has 17 heavy (non-hydrogen) atoms. The molecule has 2 fully saturated rings. The molecule has 4 heteroatoms.